The van der Waals surface area contributed by atoms with E-state index in [4.69, 9.17) is 5.11 Å². The van der Waals surface area contributed by atoms with Gasteiger partial charge in [0.25, 0.3) is 0 Å². The van der Waals surface area contributed by atoms with Gasteiger partial charge >= 0.3 is 5.97 Å². The van der Waals surface area contributed by atoms with Crippen LogP contribution in [0.5, 0.6) is 0 Å². The fourth-order valence-corrected chi connectivity index (χ4v) is 1.27. The third-order valence-electron chi connectivity index (χ3n) is 2.01. The average Bonchev–Trinajstić information content (AvgIpc) is 2.58. The first kappa shape index (κ1) is 10.6. The summed E-state index contributed by atoms with van der Waals surface area (Å²) in [6, 6.07) is 3.84. The largest absolute Gasteiger partial charge is 0.478 e. The number of rotatable bonds is 5. The number of carbonyl (C=O) groups is 1. The zero-order valence-corrected chi connectivity index (χ0v) is 8.31. The van der Waals surface area contributed by atoms with E-state index < -0.39 is 5.97 Å². The van der Waals surface area contributed by atoms with E-state index in [0.29, 0.717) is 0 Å². The first-order valence-electron chi connectivity index (χ1n) is 4.80. The van der Waals surface area contributed by atoms with Crippen molar-refractivity contribution in [2.75, 3.05) is 0 Å². The van der Waals surface area contributed by atoms with Gasteiger partial charge in [0.15, 0.2) is 0 Å². The van der Waals surface area contributed by atoms with E-state index >= 15 is 0 Å². The molecule has 0 aliphatic carbocycles. The van der Waals surface area contributed by atoms with Crippen molar-refractivity contribution < 1.29 is 9.90 Å². The molecule has 1 aromatic rings. The van der Waals surface area contributed by atoms with Crippen LogP contribution in [0.25, 0.3) is 6.08 Å². The lowest BCUT2D eigenvalue weighted by atomic mass is 10.3. The number of aromatic nitrogens is 1. The van der Waals surface area contributed by atoms with Crippen LogP contribution in [-0.2, 0) is 11.3 Å². The van der Waals surface area contributed by atoms with Crippen molar-refractivity contribution in [2.45, 2.75) is 26.3 Å². The molecule has 0 saturated carbocycles. The molecule has 3 heteroatoms. The second kappa shape index (κ2) is 5.27. The Balaban J connectivity index is 2.67. The van der Waals surface area contributed by atoms with Gasteiger partial charge < -0.3 is 9.67 Å². The third kappa shape index (κ3) is 3.09. The van der Waals surface area contributed by atoms with Gasteiger partial charge in [0.1, 0.15) is 0 Å². The number of hydrogen-bond acceptors (Lipinski definition) is 1. The van der Waals surface area contributed by atoms with Gasteiger partial charge in [0.05, 0.1) is 0 Å². The lowest BCUT2D eigenvalue weighted by Crippen LogP contribution is -1.98. The number of aryl methyl sites for hydroxylation is 1. The zero-order chi connectivity index (χ0) is 10.4. The minimum absolute atomic E-state index is 0.909. The molecule has 0 aromatic carbocycles. The molecule has 0 bridgehead atoms. The quantitative estimate of drug-likeness (QED) is 0.729. The van der Waals surface area contributed by atoms with Crippen LogP contribution < -0.4 is 0 Å². The first-order chi connectivity index (χ1) is 6.74. The van der Waals surface area contributed by atoms with E-state index in [1.165, 1.54) is 0 Å². The molecular formula is C11H15NO2. The fraction of sp³-hybridized carbons (Fsp3) is 0.364. The molecule has 3 nitrogen and oxygen atoms in total. The maximum atomic E-state index is 10.3. The van der Waals surface area contributed by atoms with Gasteiger partial charge in [-0.15, -0.1) is 0 Å². The predicted octanol–water partition coefficient (Wildman–Crippen LogP) is 2.39. The van der Waals surface area contributed by atoms with Crippen molar-refractivity contribution in [3.05, 3.63) is 30.1 Å². The summed E-state index contributed by atoms with van der Waals surface area (Å²) in [5.41, 5.74) is 0.945. The summed E-state index contributed by atoms with van der Waals surface area (Å²) in [7, 11) is 0. The number of unbranched alkanes of at least 4 members (excludes halogenated alkanes) is 1. The van der Waals surface area contributed by atoms with Crippen LogP contribution in [0, 0.1) is 0 Å². The second-order valence-electron chi connectivity index (χ2n) is 3.15. The van der Waals surface area contributed by atoms with Crippen LogP contribution in [0.2, 0.25) is 0 Å². The Morgan fingerprint density at radius 2 is 2.43 bits per heavy atom. The maximum absolute atomic E-state index is 10.3. The van der Waals surface area contributed by atoms with E-state index in [-0.39, 0.29) is 0 Å². The Kier molecular flexibility index (Phi) is 3.98. The second-order valence-corrected chi connectivity index (χ2v) is 3.15. The summed E-state index contributed by atoms with van der Waals surface area (Å²) in [4.78, 5) is 10.3. The molecule has 14 heavy (non-hydrogen) atoms. The van der Waals surface area contributed by atoms with Crippen molar-refractivity contribution in [1.29, 1.82) is 0 Å². The molecule has 1 heterocycles. The van der Waals surface area contributed by atoms with Crippen molar-refractivity contribution in [3.8, 4) is 0 Å². The van der Waals surface area contributed by atoms with Gasteiger partial charge in [-0.1, -0.05) is 13.3 Å². The Labute approximate surface area is 83.7 Å². The van der Waals surface area contributed by atoms with Crippen molar-refractivity contribution >= 4 is 12.0 Å². The summed E-state index contributed by atoms with van der Waals surface area (Å²) in [6.45, 7) is 3.08. The molecule has 0 unspecified atom stereocenters. The van der Waals surface area contributed by atoms with Gasteiger partial charge in [-0.05, 0) is 24.6 Å². The highest BCUT2D eigenvalue weighted by Crippen LogP contribution is 2.06. The van der Waals surface area contributed by atoms with E-state index in [2.05, 4.69) is 11.5 Å². The van der Waals surface area contributed by atoms with Gasteiger partial charge in [-0.3, -0.25) is 0 Å². The van der Waals surface area contributed by atoms with Gasteiger partial charge in [-0.2, -0.15) is 0 Å². The minimum atomic E-state index is -0.909. The lowest BCUT2D eigenvalue weighted by Gasteiger charge is -2.04. The molecule has 0 atom stereocenters. The van der Waals surface area contributed by atoms with Gasteiger partial charge in [0.2, 0.25) is 0 Å². The number of carboxylic acid groups (broad SMARTS) is 1. The molecule has 0 fully saturated rings. The molecule has 0 spiro atoms. The summed E-state index contributed by atoms with van der Waals surface area (Å²) >= 11 is 0. The van der Waals surface area contributed by atoms with Crippen LogP contribution in [0.1, 0.15) is 25.5 Å². The van der Waals surface area contributed by atoms with Crippen molar-refractivity contribution in [2.24, 2.45) is 0 Å². The Morgan fingerprint density at radius 1 is 1.64 bits per heavy atom. The highest BCUT2D eigenvalue weighted by molar-refractivity contribution is 5.84. The lowest BCUT2D eigenvalue weighted by molar-refractivity contribution is -0.131. The minimum Gasteiger partial charge on any atom is -0.478 e. The number of carboxylic acids is 1. The first-order valence-corrected chi connectivity index (χ1v) is 4.80. The Morgan fingerprint density at radius 3 is 3.07 bits per heavy atom. The summed E-state index contributed by atoms with van der Waals surface area (Å²) in [5, 5.41) is 8.48. The smallest absolute Gasteiger partial charge is 0.328 e. The highest BCUT2D eigenvalue weighted by atomic mass is 16.4. The summed E-state index contributed by atoms with van der Waals surface area (Å²) in [6.07, 6.45) is 7.01. The van der Waals surface area contributed by atoms with E-state index in [9.17, 15) is 4.79 Å². The normalized spacial score (nSPS) is 10.9. The Bertz CT molecular complexity index is 326. The molecule has 76 valence electrons. The van der Waals surface area contributed by atoms with E-state index in [1.807, 2.05) is 18.3 Å². The van der Waals surface area contributed by atoms with Gasteiger partial charge in [-0.25, -0.2) is 4.79 Å². The molecule has 0 aliphatic rings. The topological polar surface area (TPSA) is 42.2 Å². The molecule has 0 saturated heterocycles. The van der Waals surface area contributed by atoms with Crippen molar-refractivity contribution in [1.82, 2.24) is 4.57 Å². The zero-order valence-electron chi connectivity index (χ0n) is 8.31. The van der Waals surface area contributed by atoms with E-state index in [1.54, 1.807) is 6.08 Å². The fourth-order valence-electron chi connectivity index (χ4n) is 1.27. The monoisotopic (exact) mass is 193 g/mol. The SMILES string of the molecule is CCCCn1cccc1/C=C/C(=O)O. The molecule has 0 amide bonds. The number of aliphatic carboxylic acids is 1. The van der Waals surface area contributed by atoms with Crippen LogP contribution in [0.4, 0.5) is 0 Å². The maximum Gasteiger partial charge on any atom is 0.328 e. The summed E-state index contributed by atoms with van der Waals surface area (Å²) < 4.78 is 2.06. The Hall–Kier alpha value is -1.51. The molecular weight excluding hydrogens is 178 g/mol. The van der Waals surface area contributed by atoms with Crippen LogP contribution in [0.15, 0.2) is 24.4 Å². The molecule has 1 N–H and O–H groups in total. The average molecular weight is 193 g/mol. The van der Waals surface area contributed by atoms with Crippen LogP contribution in [-0.4, -0.2) is 15.6 Å². The predicted molar refractivity (Wildman–Crippen MR) is 56.0 cm³/mol. The molecule has 1 rings (SSSR count). The van der Waals surface area contributed by atoms with Crippen molar-refractivity contribution in [3.63, 3.8) is 0 Å². The molecule has 0 radical (unpaired) electrons. The molecule has 1 aromatic heterocycles. The molecule has 0 aliphatic heterocycles. The van der Waals surface area contributed by atoms with Gasteiger partial charge in [0, 0.05) is 24.5 Å². The van der Waals surface area contributed by atoms with Crippen LogP contribution >= 0.6 is 0 Å². The number of hydrogen-bond donors (Lipinski definition) is 1. The third-order valence-corrected chi connectivity index (χ3v) is 2.01. The standard InChI is InChI=1S/C11H15NO2/c1-2-3-8-12-9-4-5-10(12)6-7-11(13)14/h4-7,9H,2-3,8H2,1H3,(H,13,14)/b7-6+. The highest BCUT2D eigenvalue weighted by Gasteiger charge is 1.96. The van der Waals surface area contributed by atoms with E-state index in [0.717, 1.165) is 31.2 Å². The van der Waals surface area contributed by atoms with Crippen LogP contribution in [0.3, 0.4) is 0 Å². The summed E-state index contributed by atoms with van der Waals surface area (Å²) in [5.74, 6) is -0.909. The number of nitrogens with zero attached hydrogens (tertiary/aromatic N) is 1.